The van der Waals surface area contributed by atoms with Crippen molar-refractivity contribution in [3.8, 4) is 0 Å². The van der Waals surface area contributed by atoms with E-state index in [9.17, 15) is 0 Å². The lowest BCUT2D eigenvalue weighted by Crippen LogP contribution is -2.29. The van der Waals surface area contributed by atoms with E-state index in [4.69, 9.17) is 0 Å². The first-order valence-electron chi connectivity index (χ1n) is 6.33. The molecule has 0 bridgehead atoms. The van der Waals surface area contributed by atoms with Crippen molar-refractivity contribution in [3.63, 3.8) is 0 Å². The molecule has 0 saturated heterocycles. The van der Waals surface area contributed by atoms with Gasteiger partial charge < -0.3 is 5.32 Å². The second-order valence-electron chi connectivity index (χ2n) is 5.57. The van der Waals surface area contributed by atoms with E-state index in [-0.39, 0.29) is 0 Å². The van der Waals surface area contributed by atoms with Crippen molar-refractivity contribution in [2.75, 3.05) is 6.54 Å². The highest BCUT2D eigenvalue weighted by molar-refractivity contribution is 7.12. The molecule has 2 heteroatoms. The van der Waals surface area contributed by atoms with Crippen LogP contribution in [0.4, 0.5) is 0 Å². The summed E-state index contributed by atoms with van der Waals surface area (Å²) in [6.45, 7) is 10.4. The van der Waals surface area contributed by atoms with Crippen LogP contribution in [0.1, 0.15) is 49.4 Å². The molecule has 2 rings (SSSR count). The summed E-state index contributed by atoms with van der Waals surface area (Å²) in [5, 5.41) is 3.71. The zero-order chi connectivity index (χ0) is 11.8. The molecule has 0 aliphatic heterocycles. The fraction of sp³-hybridized carbons (Fsp3) is 0.714. The Balaban J connectivity index is 1.87. The molecule has 1 atom stereocenters. The molecular weight excluding hydrogens is 214 g/mol. The lowest BCUT2D eigenvalue weighted by atomic mass is 9.92. The average Bonchev–Trinajstić information content (AvgIpc) is 2.92. The molecule has 0 spiro atoms. The second-order valence-corrected chi connectivity index (χ2v) is 6.89. The summed E-state index contributed by atoms with van der Waals surface area (Å²) < 4.78 is 0. The number of aryl methyl sites for hydroxylation is 1. The summed E-state index contributed by atoms with van der Waals surface area (Å²) in [6, 6.07) is 4.98. The Labute approximate surface area is 103 Å². The van der Waals surface area contributed by atoms with Crippen molar-refractivity contribution in [3.05, 3.63) is 21.9 Å². The third-order valence-corrected chi connectivity index (χ3v) is 5.25. The fourth-order valence-corrected chi connectivity index (χ4v) is 3.17. The Kier molecular flexibility index (Phi) is 3.41. The Bertz CT molecular complexity index is 349. The SMILES string of the molecule is Cc1ccc(C(C)NCC2(C(C)C)CC2)s1. The van der Waals surface area contributed by atoms with Crippen molar-refractivity contribution < 1.29 is 0 Å². The zero-order valence-electron chi connectivity index (χ0n) is 10.8. The maximum absolute atomic E-state index is 3.71. The van der Waals surface area contributed by atoms with Gasteiger partial charge in [-0.1, -0.05) is 13.8 Å². The van der Waals surface area contributed by atoms with Gasteiger partial charge in [0.25, 0.3) is 0 Å². The Morgan fingerprint density at radius 2 is 2.00 bits per heavy atom. The van der Waals surface area contributed by atoms with E-state index in [1.165, 1.54) is 29.1 Å². The van der Waals surface area contributed by atoms with E-state index in [1.807, 2.05) is 11.3 Å². The summed E-state index contributed by atoms with van der Waals surface area (Å²) in [5.74, 6) is 0.817. The molecule has 16 heavy (non-hydrogen) atoms. The first-order valence-corrected chi connectivity index (χ1v) is 7.15. The number of hydrogen-bond donors (Lipinski definition) is 1. The van der Waals surface area contributed by atoms with Gasteiger partial charge in [0.15, 0.2) is 0 Å². The summed E-state index contributed by atoms with van der Waals surface area (Å²) in [6.07, 6.45) is 2.82. The standard InChI is InChI=1S/C14H23NS/c1-10(2)14(7-8-14)9-15-12(4)13-6-5-11(3)16-13/h5-6,10,12,15H,7-9H2,1-4H3. The molecule has 1 heterocycles. The maximum atomic E-state index is 3.71. The molecule has 0 amide bonds. The van der Waals surface area contributed by atoms with Crippen LogP contribution in [0.2, 0.25) is 0 Å². The van der Waals surface area contributed by atoms with E-state index >= 15 is 0 Å². The number of thiophene rings is 1. The van der Waals surface area contributed by atoms with Crippen LogP contribution in [0.15, 0.2) is 12.1 Å². The molecule has 1 N–H and O–H groups in total. The highest BCUT2D eigenvalue weighted by Gasteiger charge is 2.44. The van der Waals surface area contributed by atoms with Crippen molar-refractivity contribution >= 4 is 11.3 Å². The van der Waals surface area contributed by atoms with Crippen LogP contribution >= 0.6 is 11.3 Å². The van der Waals surface area contributed by atoms with Gasteiger partial charge in [-0.3, -0.25) is 0 Å². The van der Waals surface area contributed by atoms with Crippen LogP contribution in [0.5, 0.6) is 0 Å². The summed E-state index contributed by atoms with van der Waals surface area (Å²) >= 11 is 1.91. The van der Waals surface area contributed by atoms with Gasteiger partial charge in [-0.2, -0.15) is 0 Å². The molecule has 90 valence electrons. The highest BCUT2D eigenvalue weighted by Crippen LogP contribution is 2.51. The summed E-state index contributed by atoms with van der Waals surface area (Å²) in [7, 11) is 0. The lowest BCUT2D eigenvalue weighted by Gasteiger charge is -2.22. The van der Waals surface area contributed by atoms with E-state index in [0.29, 0.717) is 11.5 Å². The van der Waals surface area contributed by atoms with Gasteiger partial charge in [-0.15, -0.1) is 11.3 Å². The molecule has 1 nitrogen and oxygen atoms in total. The van der Waals surface area contributed by atoms with Crippen molar-refractivity contribution in [2.24, 2.45) is 11.3 Å². The molecule has 0 radical (unpaired) electrons. The second kappa shape index (κ2) is 4.50. The van der Waals surface area contributed by atoms with Gasteiger partial charge >= 0.3 is 0 Å². The van der Waals surface area contributed by atoms with Crippen LogP contribution in [-0.2, 0) is 0 Å². The molecule has 1 fully saturated rings. The monoisotopic (exact) mass is 237 g/mol. The quantitative estimate of drug-likeness (QED) is 0.811. The molecule has 1 unspecified atom stereocenters. The minimum Gasteiger partial charge on any atom is -0.309 e. The summed E-state index contributed by atoms with van der Waals surface area (Å²) in [4.78, 5) is 2.88. The Hall–Kier alpha value is -0.340. The smallest absolute Gasteiger partial charge is 0.0386 e. The average molecular weight is 237 g/mol. The van der Waals surface area contributed by atoms with Crippen LogP contribution in [0, 0.1) is 18.3 Å². The minimum absolute atomic E-state index is 0.509. The third kappa shape index (κ3) is 2.49. The molecular formula is C14H23NS. The first-order chi connectivity index (χ1) is 7.53. The van der Waals surface area contributed by atoms with Crippen LogP contribution < -0.4 is 5.32 Å². The van der Waals surface area contributed by atoms with Crippen LogP contribution in [0.25, 0.3) is 0 Å². The number of hydrogen-bond acceptors (Lipinski definition) is 2. The topological polar surface area (TPSA) is 12.0 Å². The van der Waals surface area contributed by atoms with E-state index in [1.54, 1.807) is 0 Å². The minimum atomic E-state index is 0.509. The van der Waals surface area contributed by atoms with Gasteiger partial charge in [0.2, 0.25) is 0 Å². The molecule has 1 aromatic heterocycles. The summed E-state index contributed by atoms with van der Waals surface area (Å²) in [5.41, 5.74) is 0.612. The van der Waals surface area contributed by atoms with Crippen molar-refractivity contribution in [1.29, 1.82) is 0 Å². The predicted octanol–water partition coefficient (Wildman–Crippen LogP) is 4.14. The van der Waals surface area contributed by atoms with E-state index in [0.717, 1.165) is 5.92 Å². The largest absolute Gasteiger partial charge is 0.309 e. The Morgan fingerprint density at radius 3 is 2.44 bits per heavy atom. The Morgan fingerprint density at radius 1 is 1.31 bits per heavy atom. The predicted molar refractivity (Wildman–Crippen MR) is 72.0 cm³/mol. The molecule has 1 aliphatic rings. The number of rotatable bonds is 5. The first kappa shape index (κ1) is 12.1. The third-order valence-electron chi connectivity index (χ3n) is 4.07. The van der Waals surface area contributed by atoms with Gasteiger partial charge in [-0.05, 0) is 50.2 Å². The fourth-order valence-electron chi connectivity index (χ4n) is 2.26. The van der Waals surface area contributed by atoms with Crippen LogP contribution in [-0.4, -0.2) is 6.54 Å². The van der Waals surface area contributed by atoms with E-state index in [2.05, 4.69) is 45.1 Å². The van der Waals surface area contributed by atoms with Gasteiger partial charge in [0, 0.05) is 22.3 Å². The van der Waals surface area contributed by atoms with Crippen molar-refractivity contribution in [1.82, 2.24) is 5.32 Å². The number of nitrogens with one attached hydrogen (secondary N) is 1. The molecule has 1 aromatic rings. The maximum Gasteiger partial charge on any atom is 0.0386 e. The zero-order valence-corrected chi connectivity index (χ0v) is 11.7. The van der Waals surface area contributed by atoms with Gasteiger partial charge in [-0.25, -0.2) is 0 Å². The van der Waals surface area contributed by atoms with Gasteiger partial charge in [0.1, 0.15) is 0 Å². The van der Waals surface area contributed by atoms with Crippen molar-refractivity contribution in [2.45, 2.75) is 46.6 Å². The highest BCUT2D eigenvalue weighted by atomic mass is 32.1. The van der Waals surface area contributed by atoms with Crippen LogP contribution in [0.3, 0.4) is 0 Å². The lowest BCUT2D eigenvalue weighted by molar-refractivity contribution is 0.326. The molecule has 1 saturated carbocycles. The molecule has 0 aromatic carbocycles. The van der Waals surface area contributed by atoms with Gasteiger partial charge in [0.05, 0.1) is 0 Å². The molecule has 1 aliphatic carbocycles. The van der Waals surface area contributed by atoms with E-state index < -0.39 is 0 Å². The normalized spacial score (nSPS) is 20.1.